The first-order chi connectivity index (χ1) is 9.02. The van der Waals surface area contributed by atoms with E-state index in [1.165, 1.54) is 0 Å². The number of imide groups is 1. The summed E-state index contributed by atoms with van der Waals surface area (Å²) in [5, 5.41) is 8.41. The summed E-state index contributed by atoms with van der Waals surface area (Å²) in [6.45, 7) is 4.27. The number of halogens is 1. The van der Waals surface area contributed by atoms with Gasteiger partial charge in [0.15, 0.2) is 0 Å². The molecule has 5 nitrogen and oxygen atoms in total. The monoisotopic (exact) mass is 283 g/mol. The Morgan fingerprint density at radius 3 is 2.47 bits per heavy atom. The molecule has 1 aromatic rings. The van der Waals surface area contributed by atoms with Gasteiger partial charge in [0, 0.05) is 17.6 Å². The molecule has 1 rings (SSSR count). The molecule has 1 atom stereocenters. The van der Waals surface area contributed by atoms with Gasteiger partial charge in [0.2, 0.25) is 5.91 Å². The number of hydrogen-bond acceptors (Lipinski definition) is 3. The van der Waals surface area contributed by atoms with E-state index < -0.39 is 6.03 Å². The van der Waals surface area contributed by atoms with Crippen LogP contribution in [0.4, 0.5) is 4.79 Å². The van der Waals surface area contributed by atoms with Crippen molar-refractivity contribution in [2.24, 2.45) is 0 Å². The zero-order chi connectivity index (χ0) is 14.3. The van der Waals surface area contributed by atoms with Crippen LogP contribution in [0.5, 0.6) is 0 Å². The van der Waals surface area contributed by atoms with E-state index in [4.69, 9.17) is 11.6 Å². The first kappa shape index (κ1) is 15.5. The van der Waals surface area contributed by atoms with Crippen LogP contribution in [0.25, 0.3) is 0 Å². The Bertz CT molecular complexity index is 434. The molecule has 0 heterocycles. The summed E-state index contributed by atoms with van der Waals surface area (Å²) in [4.78, 5) is 22.6. The van der Waals surface area contributed by atoms with Gasteiger partial charge >= 0.3 is 6.03 Å². The predicted octanol–water partition coefficient (Wildman–Crippen LogP) is 1.84. The highest BCUT2D eigenvalue weighted by molar-refractivity contribution is 6.30. The van der Waals surface area contributed by atoms with Crippen LogP contribution >= 0.6 is 11.6 Å². The number of urea groups is 1. The van der Waals surface area contributed by atoms with Gasteiger partial charge in [0.05, 0.1) is 6.54 Å². The molecule has 0 radical (unpaired) electrons. The summed E-state index contributed by atoms with van der Waals surface area (Å²) in [6, 6.07) is 6.89. The second-order valence-electron chi connectivity index (χ2n) is 4.06. The summed E-state index contributed by atoms with van der Waals surface area (Å²) >= 11 is 5.80. The molecule has 0 aromatic heterocycles. The Morgan fingerprint density at radius 1 is 1.26 bits per heavy atom. The summed E-state index contributed by atoms with van der Waals surface area (Å²) in [6.07, 6.45) is 0. The minimum Gasteiger partial charge on any atom is -0.338 e. The van der Waals surface area contributed by atoms with E-state index in [2.05, 4.69) is 16.0 Å². The summed E-state index contributed by atoms with van der Waals surface area (Å²) in [5.74, 6) is -0.369. The number of hydrogen-bond donors (Lipinski definition) is 3. The first-order valence-electron chi connectivity index (χ1n) is 6.09. The molecular formula is C13H18ClN3O2. The third-order valence-corrected chi connectivity index (χ3v) is 2.78. The average Bonchev–Trinajstić information content (AvgIpc) is 2.37. The number of benzene rings is 1. The fourth-order valence-electron chi connectivity index (χ4n) is 1.49. The van der Waals surface area contributed by atoms with Crippen LogP contribution in [0.2, 0.25) is 5.02 Å². The molecule has 0 spiro atoms. The molecule has 3 amide bonds. The molecule has 0 aliphatic rings. The van der Waals surface area contributed by atoms with Crippen molar-refractivity contribution >= 4 is 23.5 Å². The van der Waals surface area contributed by atoms with E-state index in [-0.39, 0.29) is 18.5 Å². The van der Waals surface area contributed by atoms with Crippen LogP contribution in [0.15, 0.2) is 24.3 Å². The van der Waals surface area contributed by atoms with Crippen LogP contribution in [0.3, 0.4) is 0 Å². The van der Waals surface area contributed by atoms with Gasteiger partial charge in [0.1, 0.15) is 0 Å². The maximum Gasteiger partial charge on any atom is 0.321 e. The lowest BCUT2D eigenvalue weighted by molar-refractivity contribution is -0.119. The van der Waals surface area contributed by atoms with Crippen molar-refractivity contribution < 1.29 is 9.59 Å². The molecule has 0 fully saturated rings. The van der Waals surface area contributed by atoms with Crippen LogP contribution < -0.4 is 16.0 Å². The Hall–Kier alpha value is -1.59. The molecule has 0 bridgehead atoms. The number of carbonyl (C=O) groups excluding carboxylic acids is 2. The molecule has 0 saturated carbocycles. The van der Waals surface area contributed by atoms with Crippen LogP contribution in [0.1, 0.15) is 25.5 Å². The van der Waals surface area contributed by atoms with Gasteiger partial charge < -0.3 is 10.6 Å². The van der Waals surface area contributed by atoms with Gasteiger partial charge in [-0.25, -0.2) is 4.79 Å². The summed E-state index contributed by atoms with van der Waals surface area (Å²) < 4.78 is 0. The molecule has 3 N–H and O–H groups in total. The van der Waals surface area contributed by atoms with Crippen molar-refractivity contribution in [3.8, 4) is 0 Å². The SMILES string of the molecule is CCNC(=O)NC(=O)CN[C@H](C)c1ccc(Cl)cc1. The standard InChI is InChI=1S/C13H18ClN3O2/c1-3-15-13(19)17-12(18)8-16-9(2)10-4-6-11(14)7-5-10/h4-7,9,16H,3,8H2,1-2H3,(H2,15,17,18,19)/t9-/m1/s1. The lowest BCUT2D eigenvalue weighted by Gasteiger charge is -2.14. The minimum atomic E-state index is -0.478. The highest BCUT2D eigenvalue weighted by Gasteiger charge is 2.09. The first-order valence-corrected chi connectivity index (χ1v) is 6.47. The number of rotatable bonds is 5. The van der Waals surface area contributed by atoms with Crippen LogP contribution in [-0.2, 0) is 4.79 Å². The molecule has 19 heavy (non-hydrogen) atoms. The van der Waals surface area contributed by atoms with Gasteiger partial charge in [-0.2, -0.15) is 0 Å². The molecule has 1 aromatic carbocycles. The van der Waals surface area contributed by atoms with Crippen molar-refractivity contribution in [2.45, 2.75) is 19.9 Å². The maximum atomic E-state index is 11.5. The van der Waals surface area contributed by atoms with E-state index >= 15 is 0 Å². The lowest BCUT2D eigenvalue weighted by atomic mass is 10.1. The summed E-state index contributed by atoms with van der Waals surface area (Å²) in [7, 11) is 0. The van der Waals surface area contributed by atoms with Gasteiger partial charge in [0.25, 0.3) is 0 Å². The van der Waals surface area contributed by atoms with Crippen molar-refractivity contribution in [3.63, 3.8) is 0 Å². The molecule has 104 valence electrons. The third-order valence-electron chi connectivity index (χ3n) is 2.53. The van der Waals surface area contributed by atoms with Crippen LogP contribution in [0, 0.1) is 0 Å². The van der Waals surface area contributed by atoms with Gasteiger partial charge in [-0.15, -0.1) is 0 Å². The van der Waals surface area contributed by atoms with Crippen molar-refractivity contribution in [1.82, 2.24) is 16.0 Å². The Morgan fingerprint density at radius 2 is 1.89 bits per heavy atom. The number of amides is 3. The van der Waals surface area contributed by atoms with E-state index in [0.29, 0.717) is 11.6 Å². The summed E-state index contributed by atoms with van der Waals surface area (Å²) in [5.41, 5.74) is 1.02. The van der Waals surface area contributed by atoms with Crippen LogP contribution in [-0.4, -0.2) is 25.0 Å². The van der Waals surface area contributed by atoms with Gasteiger partial charge in [-0.3, -0.25) is 10.1 Å². The molecule has 0 saturated heterocycles. The van der Waals surface area contributed by atoms with E-state index in [1.807, 2.05) is 19.1 Å². The Labute approximate surface area is 117 Å². The highest BCUT2D eigenvalue weighted by Crippen LogP contribution is 2.15. The van der Waals surface area contributed by atoms with E-state index in [9.17, 15) is 9.59 Å². The zero-order valence-electron chi connectivity index (χ0n) is 11.0. The van der Waals surface area contributed by atoms with E-state index in [1.54, 1.807) is 19.1 Å². The maximum absolute atomic E-state index is 11.5. The minimum absolute atomic E-state index is 0.00254. The highest BCUT2D eigenvalue weighted by atomic mass is 35.5. The molecule has 0 aliphatic heterocycles. The quantitative estimate of drug-likeness (QED) is 0.772. The topological polar surface area (TPSA) is 70.2 Å². The molecular weight excluding hydrogens is 266 g/mol. The predicted molar refractivity (Wildman–Crippen MR) is 75.1 cm³/mol. The van der Waals surface area contributed by atoms with Gasteiger partial charge in [-0.05, 0) is 31.5 Å². The van der Waals surface area contributed by atoms with E-state index in [0.717, 1.165) is 5.56 Å². The number of carbonyl (C=O) groups is 2. The fourth-order valence-corrected chi connectivity index (χ4v) is 1.62. The second kappa shape index (κ2) is 7.76. The molecule has 0 unspecified atom stereocenters. The Balaban J connectivity index is 2.37. The van der Waals surface area contributed by atoms with Gasteiger partial charge in [-0.1, -0.05) is 23.7 Å². The fraction of sp³-hybridized carbons (Fsp3) is 0.385. The molecule has 0 aliphatic carbocycles. The smallest absolute Gasteiger partial charge is 0.321 e. The second-order valence-corrected chi connectivity index (χ2v) is 4.50. The average molecular weight is 284 g/mol. The lowest BCUT2D eigenvalue weighted by Crippen LogP contribution is -2.43. The number of nitrogens with one attached hydrogen (secondary N) is 3. The largest absolute Gasteiger partial charge is 0.338 e. The molecule has 6 heteroatoms. The third kappa shape index (κ3) is 5.72. The zero-order valence-corrected chi connectivity index (χ0v) is 11.8. The van der Waals surface area contributed by atoms with Crippen molar-refractivity contribution in [3.05, 3.63) is 34.9 Å². The van der Waals surface area contributed by atoms with Crippen molar-refractivity contribution in [1.29, 1.82) is 0 Å². The van der Waals surface area contributed by atoms with Crippen molar-refractivity contribution in [2.75, 3.05) is 13.1 Å². The normalized spacial score (nSPS) is 11.7. The Kier molecular flexibility index (Phi) is 6.32.